The predicted molar refractivity (Wildman–Crippen MR) is 51.5 cm³/mol. The molecule has 2 heterocycles. The predicted octanol–water partition coefficient (Wildman–Crippen LogP) is 2.67. The smallest absolute Gasteiger partial charge is 0.434 e. The van der Waals surface area contributed by atoms with Crippen molar-refractivity contribution in [3.8, 4) is 5.75 Å². The number of ether oxygens (including phenoxy) is 1. The molecule has 0 aromatic carbocycles. The van der Waals surface area contributed by atoms with E-state index in [4.69, 9.17) is 4.74 Å². The van der Waals surface area contributed by atoms with Crippen LogP contribution in [-0.4, -0.2) is 16.5 Å². The van der Waals surface area contributed by atoms with Crippen LogP contribution < -0.4 is 4.74 Å². The summed E-state index contributed by atoms with van der Waals surface area (Å²) in [6.07, 6.45) is -1.98. The van der Waals surface area contributed by atoms with E-state index >= 15 is 0 Å². The maximum atomic E-state index is 12.4. The fraction of sp³-hybridized carbons (Fsp3) is 0.300. The van der Waals surface area contributed by atoms with Crippen molar-refractivity contribution in [3.63, 3.8) is 0 Å². The second-order valence-electron chi connectivity index (χ2n) is 3.36. The Labute approximate surface area is 89.5 Å². The lowest BCUT2D eigenvalue weighted by atomic mass is 10.3. The highest BCUT2D eigenvalue weighted by Crippen LogP contribution is 2.30. The number of imidazole rings is 1. The Bertz CT molecular complexity index is 531. The van der Waals surface area contributed by atoms with Crippen molar-refractivity contribution < 1.29 is 17.9 Å². The first kappa shape index (κ1) is 10.8. The van der Waals surface area contributed by atoms with Crippen LogP contribution in [0.5, 0.6) is 5.75 Å². The van der Waals surface area contributed by atoms with Gasteiger partial charge in [-0.15, -0.1) is 0 Å². The van der Waals surface area contributed by atoms with Gasteiger partial charge in [-0.2, -0.15) is 13.2 Å². The third kappa shape index (κ3) is 1.60. The van der Waals surface area contributed by atoms with Crippen molar-refractivity contribution in [3.05, 3.63) is 29.7 Å². The van der Waals surface area contributed by atoms with E-state index < -0.39 is 11.9 Å². The number of hydrogen-bond donors (Lipinski definition) is 0. The Balaban J connectivity index is 2.67. The van der Waals surface area contributed by atoms with Crippen LogP contribution in [0.4, 0.5) is 13.2 Å². The summed E-state index contributed by atoms with van der Waals surface area (Å²) in [6.45, 7) is 1.67. The SMILES string of the molecule is COc1ccn2cc(C(F)(F)F)nc2c1C. The molecule has 2 aromatic rings. The van der Waals surface area contributed by atoms with E-state index in [1.54, 1.807) is 13.0 Å². The van der Waals surface area contributed by atoms with Crippen LogP contribution in [0.1, 0.15) is 11.3 Å². The molecule has 0 atom stereocenters. The lowest BCUT2D eigenvalue weighted by molar-refractivity contribution is -0.140. The first-order chi connectivity index (χ1) is 7.43. The van der Waals surface area contributed by atoms with Gasteiger partial charge >= 0.3 is 6.18 Å². The van der Waals surface area contributed by atoms with Gasteiger partial charge in [-0.3, -0.25) is 0 Å². The lowest BCUT2D eigenvalue weighted by Gasteiger charge is -2.04. The highest BCUT2D eigenvalue weighted by atomic mass is 19.4. The molecule has 0 fully saturated rings. The van der Waals surface area contributed by atoms with Gasteiger partial charge in [0.2, 0.25) is 0 Å². The number of rotatable bonds is 1. The minimum atomic E-state index is -4.42. The van der Waals surface area contributed by atoms with Gasteiger partial charge in [0.15, 0.2) is 5.69 Å². The average molecular weight is 230 g/mol. The quantitative estimate of drug-likeness (QED) is 0.752. The number of pyridine rings is 1. The number of aryl methyl sites for hydroxylation is 1. The Hall–Kier alpha value is -1.72. The van der Waals surface area contributed by atoms with Crippen molar-refractivity contribution in [2.75, 3.05) is 7.11 Å². The van der Waals surface area contributed by atoms with E-state index in [1.165, 1.54) is 17.7 Å². The van der Waals surface area contributed by atoms with E-state index in [-0.39, 0.29) is 5.65 Å². The summed E-state index contributed by atoms with van der Waals surface area (Å²) in [4.78, 5) is 3.55. The Morgan fingerprint density at radius 2 is 2.06 bits per heavy atom. The van der Waals surface area contributed by atoms with E-state index in [9.17, 15) is 13.2 Å². The van der Waals surface area contributed by atoms with Crippen LogP contribution in [0.15, 0.2) is 18.5 Å². The summed E-state index contributed by atoms with van der Waals surface area (Å²) in [5.74, 6) is 0.520. The topological polar surface area (TPSA) is 26.5 Å². The third-order valence-corrected chi connectivity index (χ3v) is 2.33. The summed E-state index contributed by atoms with van der Waals surface area (Å²) in [6, 6.07) is 1.60. The van der Waals surface area contributed by atoms with E-state index in [0.29, 0.717) is 11.3 Å². The van der Waals surface area contributed by atoms with Crippen LogP contribution in [0, 0.1) is 6.92 Å². The molecule has 86 valence electrons. The van der Waals surface area contributed by atoms with Crippen molar-refractivity contribution in [2.45, 2.75) is 13.1 Å². The molecule has 2 rings (SSSR count). The molecule has 0 N–H and O–H groups in total. The second kappa shape index (κ2) is 3.40. The average Bonchev–Trinajstić information content (AvgIpc) is 2.62. The molecule has 0 saturated carbocycles. The number of nitrogens with zero attached hydrogens (tertiary/aromatic N) is 2. The molecular weight excluding hydrogens is 221 g/mol. The monoisotopic (exact) mass is 230 g/mol. The van der Waals surface area contributed by atoms with Crippen LogP contribution in [0.3, 0.4) is 0 Å². The van der Waals surface area contributed by atoms with E-state index in [1.807, 2.05) is 0 Å². The summed E-state index contributed by atoms with van der Waals surface area (Å²) in [5.41, 5.74) is -0.0592. The van der Waals surface area contributed by atoms with Gasteiger partial charge in [-0.05, 0) is 13.0 Å². The van der Waals surface area contributed by atoms with Gasteiger partial charge in [0.25, 0.3) is 0 Å². The van der Waals surface area contributed by atoms with Gasteiger partial charge in [0.05, 0.1) is 7.11 Å². The second-order valence-corrected chi connectivity index (χ2v) is 3.36. The fourth-order valence-electron chi connectivity index (χ4n) is 1.53. The number of aromatic nitrogens is 2. The highest BCUT2D eigenvalue weighted by molar-refractivity contribution is 5.55. The van der Waals surface area contributed by atoms with Crippen molar-refractivity contribution in [1.29, 1.82) is 0 Å². The molecule has 2 aromatic heterocycles. The van der Waals surface area contributed by atoms with Crippen LogP contribution in [0.25, 0.3) is 5.65 Å². The maximum absolute atomic E-state index is 12.4. The molecule has 0 saturated heterocycles. The molecule has 3 nitrogen and oxygen atoms in total. The zero-order valence-corrected chi connectivity index (χ0v) is 8.67. The minimum Gasteiger partial charge on any atom is -0.496 e. The van der Waals surface area contributed by atoms with E-state index in [2.05, 4.69) is 4.98 Å². The Kier molecular flexibility index (Phi) is 2.29. The number of halogens is 3. The van der Waals surface area contributed by atoms with Crippen LogP contribution in [0.2, 0.25) is 0 Å². The van der Waals surface area contributed by atoms with Gasteiger partial charge < -0.3 is 9.14 Å². The molecule has 0 spiro atoms. The number of hydrogen-bond acceptors (Lipinski definition) is 2. The van der Waals surface area contributed by atoms with Gasteiger partial charge in [0.1, 0.15) is 11.4 Å². The molecule has 0 aliphatic heterocycles. The first-order valence-corrected chi connectivity index (χ1v) is 4.53. The minimum absolute atomic E-state index is 0.256. The molecule has 16 heavy (non-hydrogen) atoms. The number of methoxy groups -OCH3 is 1. The normalized spacial score (nSPS) is 12.1. The summed E-state index contributed by atoms with van der Waals surface area (Å²) in [7, 11) is 1.46. The molecule has 0 unspecified atom stereocenters. The van der Waals surface area contributed by atoms with Crippen molar-refractivity contribution >= 4 is 5.65 Å². The molecule has 0 radical (unpaired) electrons. The summed E-state index contributed by atoms with van der Waals surface area (Å²) >= 11 is 0. The molecule has 6 heteroatoms. The molecule has 0 aliphatic carbocycles. The van der Waals surface area contributed by atoms with Crippen molar-refractivity contribution in [1.82, 2.24) is 9.38 Å². The summed E-state index contributed by atoms with van der Waals surface area (Å²) in [5, 5.41) is 0. The standard InChI is InChI=1S/C10H9F3N2O/c1-6-7(16-2)3-4-15-5-8(10(11,12)13)14-9(6)15/h3-5H,1-2H3. The highest BCUT2D eigenvalue weighted by Gasteiger charge is 2.34. The molecule has 0 aliphatic rings. The van der Waals surface area contributed by atoms with E-state index in [0.717, 1.165) is 6.20 Å². The van der Waals surface area contributed by atoms with Crippen LogP contribution >= 0.6 is 0 Å². The zero-order chi connectivity index (χ0) is 11.9. The molecule has 0 amide bonds. The lowest BCUT2D eigenvalue weighted by Crippen LogP contribution is -2.04. The number of alkyl halides is 3. The van der Waals surface area contributed by atoms with Gasteiger partial charge in [-0.25, -0.2) is 4.98 Å². The van der Waals surface area contributed by atoms with Gasteiger partial charge in [-0.1, -0.05) is 0 Å². The third-order valence-electron chi connectivity index (χ3n) is 2.33. The summed E-state index contributed by atoms with van der Waals surface area (Å²) < 4.78 is 43.6. The Morgan fingerprint density at radius 3 is 2.62 bits per heavy atom. The number of fused-ring (bicyclic) bond motifs is 1. The fourth-order valence-corrected chi connectivity index (χ4v) is 1.53. The zero-order valence-electron chi connectivity index (χ0n) is 8.67. The molecular formula is C10H9F3N2O. The van der Waals surface area contributed by atoms with Gasteiger partial charge in [0, 0.05) is 18.0 Å². The first-order valence-electron chi connectivity index (χ1n) is 4.53. The largest absolute Gasteiger partial charge is 0.496 e. The van der Waals surface area contributed by atoms with Crippen molar-refractivity contribution in [2.24, 2.45) is 0 Å². The maximum Gasteiger partial charge on any atom is 0.434 e. The Morgan fingerprint density at radius 1 is 1.38 bits per heavy atom. The molecule has 0 bridgehead atoms. The van der Waals surface area contributed by atoms with Crippen LogP contribution in [-0.2, 0) is 6.18 Å².